The van der Waals surface area contributed by atoms with Crippen molar-refractivity contribution < 1.29 is 0 Å². The highest BCUT2D eigenvalue weighted by Gasteiger charge is 2.07. The monoisotopic (exact) mass is 309 g/mol. The second-order valence-corrected chi connectivity index (χ2v) is 6.63. The van der Waals surface area contributed by atoms with Crippen LogP contribution in [0.25, 0.3) is 0 Å². The van der Waals surface area contributed by atoms with Gasteiger partial charge >= 0.3 is 0 Å². The second kappa shape index (κ2) is 12.1. The molecule has 0 amide bonds. The Balaban J connectivity index is 2.09. The van der Waals surface area contributed by atoms with Crippen molar-refractivity contribution in [1.29, 1.82) is 0 Å². The molecule has 0 spiro atoms. The van der Waals surface area contributed by atoms with Crippen LogP contribution in [0.2, 0.25) is 5.02 Å². The molecule has 1 nitrogen and oxygen atoms in total. The molecule has 0 radical (unpaired) electrons. The summed E-state index contributed by atoms with van der Waals surface area (Å²) in [5.74, 6) is 0.617. The van der Waals surface area contributed by atoms with E-state index in [1.165, 1.54) is 63.4 Å². The second-order valence-electron chi connectivity index (χ2n) is 6.20. The molecule has 120 valence electrons. The van der Waals surface area contributed by atoms with Crippen molar-refractivity contribution in [2.75, 3.05) is 6.54 Å². The zero-order chi connectivity index (χ0) is 15.3. The number of hydrogen-bond acceptors (Lipinski definition) is 1. The summed E-state index contributed by atoms with van der Waals surface area (Å²) in [5, 5.41) is 0.811. The molecule has 1 atom stereocenters. The van der Waals surface area contributed by atoms with E-state index in [0.717, 1.165) is 18.0 Å². The number of nitrogens with two attached hydrogens (primary N) is 1. The Kier molecular flexibility index (Phi) is 10.6. The highest BCUT2D eigenvalue weighted by atomic mass is 35.5. The van der Waals surface area contributed by atoms with Gasteiger partial charge in [0.1, 0.15) is 0 Å². The topological polar surface area (TPSA) is 26.0 Å². The molecule has 0 aliphatic rings. The molecule has 0 saturated carbocycles. The summed E-state index contributed by atoms with van der Waals surface area (Å²) in [7, 11) is 0. The van der Waals surface area contributed by atoms with Crippen molar-refractivity contribution >= 4 is 11.6 Å². The third-order valence-corrected chi connectivity index (χ3v) is 4.49. The summed E-state index contributed by atoms with van der Waals surface area (Å²) in [6.07, 6.45) is 13.4. The quantitative estimate of drug-likeness (QED) is 0.472. The molecular weight excluding hydrogens is 278 g/mol. The Labute approximate surface area is 136 Å². The van der Waals surface area contributed by atoms with Crippen LogP contribution in [0.5, 0.6) is 0 Å². The molecule has 1 aromatic carbocycles. The summed E-state index contributed by atoms with van der Waals surface area (Å²) in [6.45, 7) is 3.06. The van der Waals surface area contributed by atoms with E-state index < -0.39 is 0 Å². The Morgan fingerprint density at radius 3 is 2.05 bits per heavy atom. The van der Waals surface area contributed by atoms with Crippen LogP contribution in [0.3, 0.4) is 0 Å². The number of unbranched alkanes of at least 4 members (excludes halogenated alkanes) is 7. The predicted octanol–water partition coefficient (Wildman–Crippen LogP) is 5.99. The van der Waals surface area contributed by atoms with Gasteiger partial charge in [-0.2, -0.15) is 0 Å². The summed E-state index contributed by atoms with van der Waals surface area (Å²) in [6, 6.07) is 8.19. The van der Waals surface area contributed by atoms with Crippen molar-refractivity contribution in [2.45, 2.75) is 71.1 Å². The van der Waals surface area contributed by atoms with E-state index in [9.17, 15) is 0 Å². The maximum atomic E-state index is 5.92. The minimum absolute atomic E-state index is 0.617. The van der Waals surface area contributed by atoms with Crippen LogP contribution in [0.15, 0.2) is 24.3 Å². The van der Waals surface area contributed by atoms with E-state index in [2.05, 4.69) is 19.1 Å². The average molecular weight is 310 g/mol. The van der Waals surface area contributed by atoms with E-state index in [-0.39, 0.29) is 0 Å². The number of benzene rings is 1. The molecule has 2 N–H and O–H groups in total. The molecule has 21 heavy (non-hydrogen) atoms. The Morgan fingerprint density at radius 2 is 1.48 bits per heavy atom. The first-order valence-electron chi connectivity index (χ1n) is 8.70. The first-order chi connectivity index (χ1) is 10.3. The minimum Gasteiger partial charge on any atom is -0.330 e. The van der Waals surface area contributed by atoms with E-state index in [1.54, 1.807) is 0 Å². The van der Waals surface area contributed by atoms with E-state index in [1.807, 2.05) is 12.1 Å². The number of halogens is 1. The van der Waals surface area contributed by atoms with Gasteiger partial charge in [0.2, 0.25) is 0 Å². The maximum absolute atomic E-state index is 5.92. The molecular formula is C19H32ClN. The molecule has 0 aliphatic heterocycles. The van der Waals surface area contributed by atoms with Gasteiger partial charge in [0.25, 0.3) is 0 Å². The first kappa shape index (κ1) is 18.5. The summed E-state index contributed by atoms with van der Waals surface area (Å²) in [4.78, 5) is 0. The standard InChI is InChI=1S/C19H32ClN/c1-2-3-4-5-6-7-8-9-10-18(16-21)15-17-11-13-19(20)14-12-17/h11-14,18H,2-10,15-16,21H2,1H3. The van der Waals surface area contributed by atoms with Gasteiger partial charge in [-0.15, -0.1) is 0 Å². The zero-order valence-corrected chi connectivity index (χ0v) is 14.4. The smallest absolute Gasteiger partial charge is 0.0406 e. The molecule has 0 bridgehead atoms. The normalized spacial score (nSPS) is 12.5. The minimum atomic E-state index is 0.617. The lowest BCUT2D eigenvalue weighted by atomic mass is 9.93. The largest absolute Gasteiger partial charge is 0.330 e. The zero-order valence-electron chi connectivity index (χ0n) is 13.6. The third-order valence-electron chi connectivity index (χ3n) is 4.24. The van der Waals surface area contributed by atoms with Crippen LogP contribution >= 0.6 is 11.6 Å². The SMILES string of the molecule is CCCCCCCCCCC(CN)Cc1ccc(Cl)cc1. The highest BCUT2D eigenvalue weighted by molar-refractivity contribution is 6.30. The van der Waals surface area contributed by atoms with Crippen LogP contribution < -0.4 is 5.73 Å². The lowest BCUT2D eigenvalue weighted by Crippen LogP contribution is -2.16. The van der Waals surface area contributed by atoms with Crippen molar-refractivity contribution in [2.24, 2.45) is 11.7 Å². The molecule has 1 rings (SSSR count). The third kappa shape index (κ3) is 9.16. The van der Waals surface area contributed by atoms with Gasteiger partial charge in [-0.25, -0.2) is 0 Å². The lowest BCUT2D eigenvalue weighted by molar-refractivity contribution is 0.455. The van der Waals surface area contributed by atoms with Crippen LogP contribution in [-0.2, 0) is 6.42 Å². The van der Waals surface area contributed by atoms with E-state index in [0.29, 0.717) is 5.92 Å². The molecule has 1 unspecified atom stereocenters. The van der Waals surface area contributed by atoms with E-state index in [4.69, 9.17) is 17.3 Å². The molecule has 0 heterocycles. The van der Waals surface area contributed by atoms with Crippen LogP contribution in [0.1, 0.15) is 70.3 Å². The van der Waals surface area contributed by atoms with Crippen LogP contribution in [-0.4, -0.2) is 6.54 Å². The molecule has 0 fully saturated rings. The number of hydrogen-bond donors (Lipinski definition) is 1. The summed E-state index contributed by atoms with van der Waals surface area (Å²) < 4.78 is 0. The van der Waals surface area contributed by atoms with E-state index >= 15 is 0 Å². The fraction of sp³-hybridized carbons (Fsp3) is 0.684. The fourth-order valence-corrected chi connectivity index (χ4v) is 2.95. The Morgan fingerprint density at radius 1 is 0.905 bits per heavy atom. The summed E-state index contributed by atoms with van der Waals surface area (Å²) >= 11 is 5.92. The molecule has 2 heteroatoms. The van der Waals surface area contributed by atoms with Gasteiger partial charge in [-0.1, -0.05) is 82.0 Å². The van der Waals surface area contributed by atoms with Crippen molar-refractivity contribution in [3.05, 3.63) is 34.9 Å². The molecule has 0 aliphatic carbocycles. The fourth-order valence-electron chi connectivity index (χ4n) is 2.82. The summed E-state index contributed by atoms with van der Waals surface area (Å²) in [5.41, 5.74) is 7.28. The maximum Gasteiger partial charge on any atom is 0.0406 e. The average Bonchev–Trinajstić information content (AvgIpc) is 2.50. The predicted molar refractivity (Wildman–Crippen MR) is 94.9 cm³/mol. The van der Waals surface area contributed by atoms with Gasteiger partial charge in [0.05, 0.1) is 0 Å². The van der Waals surface area contributed by atoms with Crippen molar-refractivity contribution in [3.63, 3.8) is 0 Å². The van der Waals surface area contributed by atoms with Crippen LogP contribution in [0.4, 0.5) is 0 Å². The molecule has 0 aromatic heterocycles. The van der Waals surface area contributed by atoms with Gasteiger partial charge < -0.3 is 5.73 Å². The molecule has 0 saturated heterocycles. The Hall–Kier alpha value is -0.530. The van der Waals surface area contributed by atoms with Gasteiger partial charge in [0, 0.05) is 5.02 Å². The number of rotatable bonds is 12. The Bertz CT molecular complexity index is 347. The molecule has 1 aromatic rings. The lowest BCUT2D eigenvalue weighted by Gasteiger charge is -2.14. The van der Waals surface area contributed by atoms with Crippen molar-refractivity contribution in [1.82, 2.24) is 0 Å². The van der Waals surface area contributed by atoms with Crippen molar-refractivity contribution in [3.8, 4) is 0 Å². The van der Waals surface area contributed by atoms with Gasteiger partial charge in [0.15, 0.2) is 0 Å². The first-order valence-corrected chi connectivity index (χ1v) is 9.08. The van der Waals surface area contributed by atoms with Gasteiger partial charge in [-0.3, -0.25) is 0 Å². The van der Waals surface area contributed by atoms with Gasteiger partial charge in [-0.05, 0) is 43.0 Å². The highest BCUT2D eigenvalue weighted by Crippen LogP contribution is 2.18. The van der Waals surface area contributed by atoms with Crippen LogP contribution in [0, 0.1) is 5.92 Å².